The number of esters is 1. The number of benzene rings is 2. The van der Waals surface area contributed by atoms with Gasteiger partial charge in [0.2, 0.25) is 6.79 Å². The summed E-state index contributed by atoms with van der Waals surface area (Å²) in [5.74, 6) is -1.30. The van der Waals surface area contributed by atoms with Gasteiger partial charge in [0.25, 0.3) is 5.91 Å². The molecule has 136 valence electrons. The summed E-state index contributed by atoms with van der Waals surface area (Å²) in [5, 5.41) is 2.54. The number of halogens is 3. The number of fused-ring (bicyclic) bond motifs is 1. The van der Waals surface area contributed by atoms with E-state index >= 15 is 0 Å². The molecule has 0 saturated heterocycles. The van der Waals surface area contributed by atoms with Crippen LogP contribution in [-0.4, -0.2) is 24.8 Å². The average Bonchev–Trinajstić information content (AvgIpc) is 3.07. The summed E-state index contributed by atoms with van der Waals surface area (Å²) in [4.78, 5) is 24.4. The molecule has 2 aromatic rings. The van der Waals surface area contributed by atoms with Gasteiger partial charge in [-0.05, 0) is 37.3 Å². The Kier molecular flexibility index (Phi) is 5.20. The molecule has 0 bridgehead atoms. The van der Waals surface area contributed by atoms with E-state index < -0.39 is 23.8 Å². The Balaban J connectivity index is 1.66. The molecule has 1 atom stereocenters. The van der Waals surface area contributed by atoms with E-state index in [-0.39, 0.29) is 28.1 Å². The summed E-state index contributed by atoms with van der Waals surface area (Å²) >= 11 is 11.7. The van der Waals surface area contributed by atoms with E-state index in [1.54, 1.807) is 0 Å². The SMILES string of the molecule is C[C@H](OC(=O)c1cc(Cl)c2c(c1)OCO2)C(=O)Nc1ccc(F)c(Cl)c1. The monoisotopic (exact) mass is 399 g/mol. The van der Waals surface area contributed by atoms with Crippen molar-refractivity contribution < 1.29 is 28.2 Å². The molecule has 0 aromatic heterocycles. The number of carbonyl (C=O) groups is 2. The smallest absolute Gasteiger partial charge is 0.339 e. The van der Waals surface area contributed by atoms with Crippen LogP contribution in [-0.2, 0) is 9.53 Å². The van der Waals surface area contributed by atoms with Crippen LogP contribution in [0.1, 0.15) is 17.3 Å². The van der Waals surface area contributed by atoms with E-state index in [1.165, 1.54) is 31.2 Å². The molecule has 1 heterocycles. The van der Waals surface area contributed by atoms with Crippen LogP contribution in [0.25, 0.3) is 0 Å². The first-order valence-electron chi connectivity index (χ1n) is 7.41. The molecule has 0 aliphatic carbocycles. The molecule has 0 radical (unpaired) electrons. The summed E-state index contributed by atoms with van der Waals surface area (Å²) in [6.07, 6.45) is -1.12. The predicted octanol–water partition coefficient (Wildman–Crippen LogP) is 4.05. The lowest BCUT2D eigenvalue weighted by atomic mass is 10.2. The van der Waals surface area contributed by atoms with Gasteiger partial charge in [0.05, 0.1) is 15.6 Å². The maximum absolute atomic E-state index is 13.1. The molecule has 0 spiro atoms. The number of nitrogens with one attached hydrogen (secondary N) is 1. The van der Waals surface area contributed by atoms with Crippen LogP contribution < -0.4 is 14.8 Å². The summed E-state index contributed by atoms with van der Waals surface area (Å²) in [7, 11) is 0. The number of ether oxygens (including phenoxy) is 3. The molecule has 9 heteroatoms. The molecular formula is C17H12Cl2FNO5. The summed E-state index contributed by atoms with van der Waals surface area (Å²) in [6.45, 7) is 1.40. The normalized spacial score (nSPS) is 13.2. The van der Waals surface area contributed by atoms with E-state index in [4.69, 9.17) is 37.4 Å². The number of hydrogen-bond acceptors (Lipinski definition) is 5. The highest BCUT2D eigenvalue weighted by atomic mass is 35.5. The molecule has 26 heavy (non-hydrogen) atoms. The summed E-state index contributed by atoms with van der Waals surface area (Å²) < 4.78 is 28.6. The van der Waals surface area contributed by atoms with Gasteiger partial charge in [-0.2, -0.15) is 0 Å². The largest absolute Gasteiger partial charge is 0.454 e. The Morgan fingerprint density at radius 3 is 2.69 bits per heavy atom. The highest BCUT2D eigenvalue weighted by Crippen LogP contribution is 2.40. The predicted molar refractivity (Wildman–Crippen MR) is 92.5 cm³/mol. The summed E-state index contributed by atoms with van der Waals surface area (Å²) in [6, 6.07) is 6.48. The minimum atomic E-state index is -1.12. The van der Waals surface area contributed by atoms with Crippen LogP contribution in [0, 0.1) is 5.82 Å². The van der Waals surface area contributed by atoms with Crippen molar-refractivity contribution in [2.45, 2.75) is 13.0 Å². The minimum Gasteiger partial charge on any atom is -0.454 e. The van der Waals surface area contributed by atoms with Gasteiger partial charge >= 0.3 is 5.97 Å². The number of anilines is 1. The molecule has 1 N–H and O–H groups in total. The molecule has 1 aliphatic heterocycles. The highest BCUT2D eigenvalue weighted by Gasteiger charge is 2.24. The quantitative estimate of drug-likeness (QED) is 0.785. The third kappa shape index (κ3) is 3.84. The van der Waals surface area contributed by atoms with Crippen molar-refractivity contribution in [1.82, 2.24) is 0 Å². The lowest BCUT2D eigenvalue weighted by Gasteiger charge is -2.14. The molecule has 6 nitrogen and oxygen atoms in total. The van der Waals surface area contributed by atoms with Crippen LogP contribution in [0.5, 0.6) is 11.5 Å². The van der Waals surface area contributed by atoms with Gasteiger partial charge in [-0.15, -0.1) is 0 Å². The highest BCUT2D eigenvalue weighted by molar-refractivity contribution is 6.32. The molecule has 2 aromatic carbocycles. The molecule has 1 amide bonds. The zero-order valence-corrected chi connectivity index (χ0v) is 14.9. The van der Waals surface area contributed by atoms with E-state index in [0.29, 0.717) is 11.5 Å². The van der Waals surface area contributed by atoms with Gasteiger partial charge in [0, 0.05) is 5.69 Å². The van der Waals surface area contributed by atoms with Crippen molar-refractivity contribution in [3.8, 4) is 11.5 Å². The Bertz CT molecular complexity index is 890. The van der Waals surface area contributed by atoms with Crippen molar-refractivity contribution >= 4 is 40.8 Å². The number of rotatable bonds is 4. The lowest BCUT2D eigenvalue weighted by Crippen LogP contribution is -2.30. The van der Waals surface area contributed by atoms with Gasteiger partial charge in [-0.1, -0.05) is 23.2 Å². The third-order valence-corrected chi connectivity index (χ3v) is 4.07. The van der Waals surface area contributed by atoms with Crippen molar-refractivity contribution in [2.75, 3.05) is 12.1 Å². The fraction of sp³-hybridized carbons (Fsp3) is 0.176. The average molecular weight is 400 g/mol. The van der Waals surface area contributed by atoms with Crippen LogP contribution in [0.4, 0.5) is 10.1 Å². The van der Waals surface area contributed by atoms with Crippen molar-refractivity contribution in [2.24, 2.45) is 0 Å². The molecule has 3 rings (SSSR count). The van der Waals surface area contributed by atoms with E-state index in [9.17, 15) is 14.0 Å². The second kappa shape index (κ2) is 7.39. The number of carbonyl (C=O) groups excluding carboxylic acids is 2. The Morgan fingerprint density at radius 1 is 1.19 bits per heavy atom. The zero-order valence-electron chi connectivity index (χ0n) is 13.3. The van der Waals surface area contributed by atoms with Crippen LogP contribution >= 0.6 is 23.2 Å². The fourth-order valence-corrected chi connectivity index (χ4v) is 2.63. The lowest BCUT2D eigenvalue weighted by molar-refractivity contribution is -0.123. The first-order valence-corrected chi connectivity index (χ1v) is 8.17. The number of hydrogen-bond donors (Lipinski definition) is 1. The number of amides is 1. The minimum absolute atomic E-state index is 0.00654. The van der Waals surface area contributed by atoms with Gasteiger partial charge in [0.1, 0.15) is 5.82 Å². The topological polar surface area (TPSA) is 73.9 Å². The third-order valence-electron chi connectivity index (χ3n) is 3.50. The van der Waals surface area contributed by atoms with Gasteiger partial charge < -0.3 is 19.5 Å². The second-order valence-electron chi connectivity index (χ2n) is 5.36. The maximum Gasteiger partial charge on any atom is 0.339 e. The fourth-order valence-electron chi connectivity index (χ4n) is 2.19. The van der Waals surface area contributed by atoms with Gasteiger partial charge in [-0.3, -0.25) is 4.79 Å². The standard InChI is InChI=1S/C17H12Cl2FNO5/c1-8(16(22)21-10-2-3-13(20)11(18)6-10)26-17(23)9-4-12(19)15-14(5-9)24-7-25-15/h2-6,8H,7H2,1H3,(H,21,22)/t8-/m0/s1. The van der Waals surface area contributed by atoms with Crippen molar-refractivity contribution in [1.29, 1.82) is 0 Å². The Morgan fingerprint density at radius 2 is 1.96 bits per heavy atom. The zero-order chi connectivity index (χ0) is 18.8. The Labute approximate surface area is 157 Å². The van der Waals surface area contributed by atoms with Gasteiger partial charge in [0.15, 0.2) is 17.6 Å². The first-order chi connectivity index (χ1) is 12.3. The van der Waals surface area contributed by atoms with Gasteiger partial charge in [-0.25, -0.2) is 9.18 Å². The van der Waals surface area contributed by atoms with Crippen molar-refractivity contribution in [3.05, 3.63) is 51.8 Å². The molecule has 0 fully saturated rings. The maximum atomic E-state index is 13.1. The molecular weight excluding hydrogens is 388 g/mol. The Hall–Kier alpha value is -2.51. The molecule has 0 saturated carbocycles. The van der Waals surface area contributed by atoms with Crippen molar-refractivity contribution in [3.63, 3.8) is 0 Å². The van der Waals surface area contributed by atoms with E-state index in [2.05, 4.69) is 5.32 Å². The second-order valence-corrected chi connectivity index (χ2v) is 6.17. The summed E-state index contributed by atoms with van der Waals surface area (Å²) in [5.41, 5.74) is 0.388. The van der Waals surface area contributed by atoms with Crippen LogP contribution in [0.15, 0.2) is 30.3 Å². The first kappa shape index (κ1) is 18.3. The van der Waals surface area contributed by atoms with Crippen LogP contribution in [0.3, 0.4) is 0 Å². The van der Waals surface area contributed by atoms with E-state index in [1.807, 2.05) is 0 Å². The van der Waals surface area contributed by atoms with Crippen LogP contribution in [0.2, 0.25) is 10.0 Å². The molecule has 1 aliphatic rings. The molecule has 0 unspecified atom stereocenters. The van der Waals surface area contributed by atoms with E-state index in [0.717, 1.165) is 6.07 Å².